The highest BCUT2D eigenvalue weighted by molar-refractivity contribution is 6.30. The Morgan fingerprint density at radius 2 is 1.86 bits per heavy atom. The van der Waals surface area contributed by atoms with Gasteiger partial charge in [-0.25, -0.2) is 9.67 Å². The van der Waals surface area contributed by atoms with Crippen molar-refractivity contribution in [3.8, 4) is 0 Å². The third kappa shape index (κ3) is 3.51. The first-order chi connectivity index (χ1) is 13.5. The summed E-state index contributed by atoms with van der Waals surface area (Å²) in [7, 11) is 0. The van der Waals surface area contributed by atoms with Crippen molar-refractivity contribution in [3.63, 3.8) is 0 Å². The first-order valence-corrected chi connectivity index (χ1v) is 9.70. The van der Waals surface area contributed by atoms with E-state index in [-0.39, 0.29) is 6.54 Å². The average Bonchev–Trinajstić information content (AvgIpc) is 3.22. The number of nitrogens with zero attached hydrogens (tertiary/aromatic N) is 3. The number of rotatable bonds is 5. The van der Waals surface area contributed by atoms with Gasteiger partial charge < -0.3 is 5.11 Å². The zero-order chi connectivity index (χ0) is 19.6. The molecular weight excluding hydrogens is 393 g/mol. The smallest absolute Gasteiger partial charge is 0.137 e. The molecule has 28 heavy (non-hydrogen) atoms. The standard InChI is InChI=1S/C22H19Cl2N3O/c23-20-8-6-19(7-9-20)22(28,14-27-16-25-15-26-27)21(24)12-10-18(11-13-21)17-4-2-1-3-5-17/h1-12,15-16,28H,13-14H2. The maximum Gasteiger partial charge on any atom is 0.137 e. The van der Waals surface area contributed by atoms with Crippen molar-refractivity contribution in [1.29, 1.82) is 0 Å². The van der Waals surface area contributed by atoms with Gasteiger partial charge in [0.2, 0.25) is 0 Å². The summed E-state index contributed by atoms with van der Waals surface area (Å²) in [5, 5.41) is 16.6. The number of benzene rings is 2. The van der Waals surface area contributed by atoms with Gasteiger partial charge in [-0.1, -0.05) is 72.3 Å². The van der Waals surface area contributed by atoms with E-state index in [9.17, 15) is 5.11 Å². The Bertz CT molecular complexity index is 1000. The molecule has 0 spiro atoms. The molecule has 0 radical (unpaired) electrons. The zero-order valence-electron chi connectivity index (χ0n) is 15.0. The first kappa shape index (κ1) is 18.9. The van der Waals surface area contributed by atoms with Gasteiger partial charge in [-0.2, -0.15) is 5.10 Å². The molecule has 4 rings (SSSR count). The molecule has 0 saturated carbocycles. The van der Waals surface area contributed by atoms with Crippen LogP contribution in [0.25, 0.3) is 5.57 Å². The second-order valence-corrected chi connectivity index (χ2v) is 8.00. The van der Waals surface area contributed by atoms with Crippen LogP contribution >= 0.6 is 23.2 Å². The number of aromatic nitrogens is 3. The topological polar surface area (TPSA) is 50.9 Å². The highest BCUT2D eigenvalue weighted by Gasteiger charge is 2.49. The van der Waals surface area contributed by atoms with Gasteiger partial charge >= 0.3 is 0 Å². The van der Waals surface area contributed by atoms with Gasteiger partial charge in [-0.05, 0) is 35.3 Å². The van der Waals surface area contributed by atoms with Crippen LogP contribution in [0.15, 0.2) is 85.5 Å². The Morgan fingerprint density at radius 1 is 1.11 bits per heavy atom. The lowest BCUT2D eigenvalue weighted by atomic mass is 9.75. The second-order valence-electron chi connectivity index (χ2n) is 6.89. The molecule has 0 aliphatic heterocycles. The predicted molar refractivity (Wildman–Crippen MR) is 112 cm³/mol. The fourth-order valence-electron chi connectivity index (χ4n) is 3.50. The van der Waals surface area contributed by atoms with Gasteiger partial charge in [-0.3, -0.25) is 0 Å². The van der Waals surface area contributed by atoms with Crippen molar-refractivity contribution in [2.24, 2.45) is 0 Å². The lowest BCUT2D eigenvalue weighted by molar-refractivity contribution is -0.0125. The van der Waals surface area contributed by atoms with Crippen molar-refractivity contribution < 1.29 is 5.11 Å². The van der Waals surface area contributed by atoms with Crippen LogP contribution in [0, 0.1) is 0 Å². The molecule has 0 fully saturated rings. The van der Waals surface area contributed by atoms with Gasteiger partial charge in [0.25, 0.3) is 0 Å². The number of halogens is 2. The van der Waals surface area contributed by atoms with Gasteiger partial charge in [0, 0.05) is 5.02 Å². The van der Waals surface area contributed by atoms with Crippen molar-refractivity contribution >= 4 is 28.8 Å². The largest absolute Gasteiger partial charge is 0.381 e. The highest BCUT2D eigenvalue weighted by Crippen LogP contribution is 2.46. The van der Waals surface area contributed by atoms with E-state index in [1.807, 2.05) is 30.4 Å². The van der Waals surface area contributed by atoms with Crippen LogP contribution in [-0.2, 0) is 12.1 Å². The zero-order valence-corrected chi connectivity index (χ0v) is 16.6. The summed E-state index contributed by atoms with van der Waals surface area (Å²) in [5.74, 6) is 0. The molecule has 1 aromatic heterocycles. The van der Waals surface area contributed by atoms with Crippen molar-refractivity contribution in [3.05, 3.63) is 102 Å². The fraction of sp³-hybridized carbons (Fsp3) is 0.182. The minimum absolute atomic E-state index is 0.164. The van der Waals surface area contributed by atoms with E-state index in [2.05, 4.69) is 28.3 Å². The second kappa shape index (κ2) is 7.55. The van der Waals surface area contributed by atoms with E-state index < -0.39 is 10.5 Å². The Labute approximate surface area is 173 Å². The third-order valence-electron chi connectivity index (χ3n) is 5.12. The van der Waals surface area contributed by atoms with Crippen LogP contribution in [0.3, 0.4) is 0 Å². The van der Waals surface area contributed by atoms with Crippen molar-refractivity contribution in [2.45, 2.75) is 23.4 Å². The molecule has 1 heterocycles. The summed E-state index contributed by atoms with van der Waals surface area (Å²) in [6.07, 6.45) is 9.37. The summed E-state index contributed by atoms with van der Waals surface area (Å²) in [6, 6.07) is 17.2. The summed E-state index contributed by atoms with van der Waals surface area (Å²) in [4.78, 5) is 2.93. The minimum atomic E-state index is -1.41. The maximum absolute atomic E-state index is 11.8. The van der Waals surface area contributed by atoms with Crippen LogP contribution in [0.2, 0.25) is 5.02 Å². The molecular formula is C22H19Cl2N3O. The highest BCUT2D eigenvalue weighted by atomic mass is 35.5. The van der Waals surface area contributed by atoms with E-state index >= 15 is 0 Å². The summed E-state index contributed by atoms with van der Waals surface area (Å²) in [5.41, 5.74) is 1.45. The molecule has 2 unspecified atom stereocenters. The number of hydrogen-bond acceptors (Lipinski definition) is 3. The Balaban J connectivity index is 1.71. The quantitative estimate of drug-likeness (QED) is 0.610. The van der Waals surface area contributed by atoms with Crippen molar-refractivity contribution in [1.82, 2.24) is 14.8 Å². The van der Waals surface area contributed by atoms with E-state index in [4.69, 9.17) is 23.2 Å². The molecule has 3 aromatic rings. The van der Waals surface area contributed by atoms with Crippen LogP contribution in [0.4, 0.5) is 0 Å². The molecule has 1 aliphatic rings. The van der Waals surface area contributed by atoms with Crippen molar-refractivity contribution in [2.75, 3.05) is 0 Å². The van der Waals surface area contributed by atoms with Gasteiger partial charge in [-0.15, -0.1) is 11.6 Å². The summed E-state index contributed by atoms with van der Waals surface area (Å²) >= 11 is 13.1. The lowest BCUT2D eigenvalue weighted by Gasteiger charge is -2.42. The molecule has 0 amide bonds. The normalized spacial score (nSPS) is 21.2. The van der Waals surface area contributed by atoms with Crippen LogP contribution in [-0.4, -0.2) is 24.7 Å². The monoisotopic (exact) mass is 411 g/mol. The summed E-state index contributed by atoms with van der Waals surface area (Å²) in [6.45, 7) is 0.164. The van der Waals surface area contributed by atoms with E-state index in [0.29, 0.717) is 17.0 Å². The molecule has 2 atom stereocenters. The van der Waals surface area contributed by atoms with E-state index in [0.717, 1.165) is 11.1 Å². The maximum atomic E-state index is 11.8. The van der Waals surface area contributed by atoms with E-state index in [1.54, 1.807) is 35.3 Å². The number of aliphatic hydroxyl groups is 1. The van der Waals surface area contributed by atoms with Crippen LogP contribution < -0.4 is 0 Å². The molecule has 0 saturated heterocycles. The van der Waals surface area contributed by atoms with Crippen LogP contribution in [0.5, 0.6) is 0 Å². The first-order valence-electron chi connectivity index (χ1n) is 8.95. The Morgan fingerprint density at radius 3 is 2.46 bits per heavy atom. The van der Waals surface area contributed by atoms with Gasteiger partial charge in [0.1, 0.15) is 23.1 Å². The Hall–Kier alpha value is -2.40. The fourth-order valence-corrected chi connectivity index (χ4v) is 3.94. The number of alkyl halides is 1. The molecule has 6 heteroatoms. The molecule has 1 aliphatic carbocycles. The molecule has 0 bridgehead atoms. The number of allylic oxidation sites excluding steroid dienone is 3. The molecule has 2 aromatic carbocycles. The van der Waals surface area contributed by atoms with Crippen LogP contribution in [0.1, 0.15) is 17.5 Å². The molecule has 1 N–H and O–H groups in total. The van der Waals surface area contributed by atoms with Gasteiger partial charge in [0.15, 0.2) is 0 Å². The van der Waals surface area contributed by atoms with Gasteiger partial charge in [0.05, 0.1) is 6.54 Å². The number of hydrogen-bond donors (Lipinski definition) is 1. The minimum Gasteiger partial charge on any atom is -0.381 e. The molecule has 142 valence electrons. The SMILES string of the molecule is OC(Cn1cncn1)(c1ccc(Cl)cc1)C1(Cl)C=CC(c2ccccc2)=CC1. The average molecular weight is 412 g/mol. The lowest BCUT2D eigenvalue weighted by Crippen LogP contribution is -2.50. The third-order valence-corrected chi connectivity index (χ3v) is 5.96. The summed E-state index contributed by atoms with van der Waals surface area (Å²) < 4.78 is 1.59. The predicted octanol–water partition coefficient (Wildman–Crippen LogP) is 4.84. The Kier molecular flexibility index (Phi) is 5.11. The molecule has 4 nitrogen and oxygen atoms in total. The van der Waals surface area contributed by atoms with E-state index in [1.165, 1.54) is 6.33 Å².